The molecule has 1 heterocycles. The van der Waals surface area contributed by atoms with E-state index in [-0.39, 0.29) is 31.7 Å². The van der Waals surface area contributed by atoms with Gasteiger partial charge in [0.1, 0.15) is 6.04 Å². The molecule has 38 heavy (non-hydrogen) atoms. The largest absolute Gasteiger partial charge is 0.350 e. The number of nitrogens with two attached hydrogens (primary N) is 1. The molecule has 1 aromatic carbocycles. The van der Waals surface area contributed by atoms with E-state index in [1.165, 1.54) is 11.9 Å². The standard InChI is InChI=1S/C28H41N5O5/c1-21(2)16-17-25(34)33(32(19-10-18-29)28(36)22(3)30)24(14-9-13-23-11-5-4-6-12-23)27(35)31-38-26-15-7-8-20-37-26/h4-6,9,11-13,21-22,24,26H,7-8,10,14-17,19-20,30H2,1-3H3,(H,31,35)/t22-,24+,26?/m1/s1. The Morgan fingerprint density at radius 1 is 1.24 bits per heavy atom. The van der Waals surface area contributed by atoms with E-state index < -0.39 is 36.1 Å². The molecule has 1 aromatic rings. The molecule has 3 atom stereocenters. The first-order valence-electron chi connectivity index (χ1n) is 13.3. The fourth-order valence-electron chi connectivity index (χ4n) is 3.93. The Bertz CT molecular complexity index is 954. The monoisotopic (exact) mass is 527 g/mol. The molecule has 0 spiro atoms. The lowest BCUT2D eigenvalue weighted by atomic mass is 10.1. The maximum atomic E-state index is 13.6. The molecule has 2 rings (SSSR count). The van der Waals surface area contributed by atoms with Gasteiger partial charge in [0.05, 0.1) is 25.1 Å². The van der Waals surface area contributed by atoms with Gasteiger partial charge in [-0.05, 0) is 44.1 Å². The number of hydrazine groups is 1. The van der Waals surface area contributed by atoms with Crippen molar-refractivity contribution >= 4 is 23.8 Å². The van der Waals surface area contributed by atoms with Crippen molar-refractivity contribution in [1.82, 2.24) is 15.5 Å². The van der Waals surface area contributed by atoms with E-state index in [4.69, 9.17) is 15.3 Å². The Kier molecular flexibility index (Phi) is 13.5. The number of carbonyl (C=O) groups excluding carboxylic acids is 3. The summed E-state index contributed by atoms with van der Waals surface area (Å²) in [5.41, 5.74) is 9.28. The first kappa shape index (κ1) is 31.0. The van der Waals surface area contributed by atoms with Crippen molar-refractivity contribution in [3.63, 3.8) is 0 Å². The number of amides is 3. The molecule has 3 amide bonds. The van der Waals surface area contributed by atoms with Gasteiger partial charge in [-0.3, -0.25) is 14.4 Å². The van der Waals surface area contributed by atoms with Crippen molar-refractivity contribution < 1.29 is 24.0 Å². The van der Waals surface area contributed by atoms with E-state index in [2.05, 4.69) is 5.48 Å². The highest BCUT2D eigenvalue weighted by atomic mass is 16.8. The molecule has 1 aliphatic rings. The van der Waals surface area contributed by atoms with Crippen LogP contribution in [0.5, 0.6) is 0 Å². The topological polar surface area (TPSA) is 138 Å². The van der Waals surface area contributed by atoms with Crippen molar-refractivity contribution in [3.05, 3.63) is 42.0 Å². The minimum absolute atomic E-state index is 0.0347. The summed E-state index contributed by atoms with van der Waals surface area (Å²) in [6, 6.07) is 9.47. The SMILES string of the molecule is CC(C)CCC(=O)N([C@@H](CC=Cc1ccccc1)C(=O)NOC1CCCCO1)N(CCC#N)C(=O)[C@@H](C)N. The van der Waals surface area contributed by atoms with Gasteiger partial charge in [-0.25, -0.2) is 20.3 Å². The van der Waals surface area contributed by atoms with E-state index in [0.29, 0.717) is 19.4 Å². The van der Waals surface area contributed by atoms with Crippen molar-refractivity contribution in [2.24, 2.45) is 11.7 Å². The molecule has 1 fully saturated rings. The van der Waals surface area contributed by atoms with Gasteiger partial charge >= 0.3 is 0 Å². The van der Waals surface area contributed by atoms with Crippen molar-refractivity contribution in [3.8, 4) is 6.07 Å². The average molecular weight is 528 g/mol. The number of nitriles is 1. The van der Waals surface area contributed by atoms with Crippen LogP contribution in [0, 0.1) is 17.2 Å². The number of nitrogens with one attached hydrogen (secondary N) is 1. The summed E-state index contributed by atoms with van der Waals surface area (Å²) in [5, 5.41) is 11.5. The van der Waals surface area contributed by atoms with Crippen LogP contribution in [0.4, 0.5) is 0 Å². The number of hydrogen-bond acceptors (Lipinski definition) is 7. The molecule has 10 nitrogen and oxygen atoms in total. The maximum absolute atomic E-state index is 13.6. The van der Waals surface area contributed by atoms with Crippen LogP contribution in [0.2, 0.25) is 0 Å². The van der Waals surface area contributed by atoms with Gasteiger partial charge in [-0.1, -0.05) is 56.3 Å². The van der Waals surface area contributed by atoms with Crippen LogP contribution in [0.25, 0.3) is 6.08 Å². The Hall–Kier alpha value is -3.26. The zero-order chi connectivity index (χ0) is 27.9. The molecular formula is C28H41N5O5. The van der Waals surface area contributed by atoms with Crippen LogP contribution < -0.4 is 11.2 Å². The third-order valence-electron chi connectivity index (χ3n) is 6.03. The molecule has 1 saturated heterocycles. The lowest BCUT2D eigenvalue weighted by Crippen LogP contribution is -2.61. The summed E-state index contributed by atoms with van der Waals surface area (Å²) in [7, 11) is 0. The lowest BCUT2D eigenvalue weighted by Gasteiger charge is -2.40. The second-order valence-corrected chi connectivity index (χ2v) is 9.77. The average Bonchev–Trinajstić information content (AvgIpc) is 2.92. The van der Waals surface area contributed by atoms with Crippen molar-refractivity contribution in [1.29, 1.82) is 5.26 Å². The maximum Gasteiger partial charge on any atom is 0.268 e. The third-order valence-corrected chi connectivity index (χ3v) is 6.03. The number of hydroxylamine groups is 1. The van der Waals surface area contributed by atoms with Crippen molar-refractivity contribution in [2.45, 2.75) is 84.1 Å². The smallest absolute Gasteiger partial charge is 0.268 e. The number of nitrogens with zero attached hydrogens (tertiary/aromatic N) is 3. The minimum atomic E-state index is -1.13. The van der Waals surface area contributed by atoms with E-state index in [1.807, 2.05) is 56.3 Å². The molecule has 0 saturated carbocycles. The van der Waals surface area contributed by atoms with Gasteiger partial charge in [-0.2, -0.15) is 5.26 Å². The summed E-state index contributed by atoms with van der Waals surface area (Å²) in [6.07, 6.45) is 6.24. The highest BCUT2D eigenvalue weighted by Crippen LogP contribution is 2.19. The third kappa shape index (κ3) is 10.2. The van der Waals surface area contributed by atoms with E-state index in [1.54, 1.807) is 6.08 Å². The predicted molar refractivity (Wildman–Crippen MR) is 143 cm³/mol. The molecular weight excluding hydrogens is 486 g/mol. The van der Waals surface area contributed by atoms with E-state index in [9.17, 15) is 19.6 Å². The normalized spacial score (nSPS) is 17.0. The highest BCUT2D eigenvalue weighted by Gasteiger charge is 2.37. The molecule has 10 heteroatoms. The Morgan fingerprint density at radius 2 is 1.97 bits per heavy atom. The number of carbonyl (C=O) groups is 3. The van der Waals surface area contributed by atoms with Crippen LogP contribution in [-0.2, 0) is 24.0 Å². The summed E-state index contributed by atoms with van der Waals surface area (Å²) in [5.74, 6) is -1.34. The molecule has 1 unspecified atom stereocenters. The van der Waals surface area contributed by atoms with Crippen LogP contribution in [0.3, 0.4) is 0 Å². The number of ether oxygens (including phenoxy) is 1. The van der Waals surface area contributed by atoms with Crippen LogP contribution in [-0.4, -0.2) is 59.3 Å². The summed E-state index contributed by atoms with van der Waals surface area (Å²) >= 11 is 0. The highest BCUT2D eigenvalue weighted by molar-refractivity contribution is 5.90. The quantitative estimate of drug-likeness (QED) is 0.375. The van der Waals surface area contributed by atoms with Gasteiger partial charge in [0.2, 0.25) is 5.91 Å². The van der Waals surface area contributed by atoms with E-state index >= 15 is 0 Å². The van der Waals surface area contributed by atoms with Gasteiger partial charge < -0.3 is 10.5 Å². The second kappa shape index (κ2) is 16.6. The molecule has 0 aromatic heterocycles. The summed E-state index contributed by atoms with van der Waals surface area (Å²) in [4.78, 5) is 45.8. The van der Waals surface area contributed by atoms with Gasteiger partial charge in [0.25, 0.3) is 11.8 Å². The Labute approximate surface area is 225 Å². The lowest BCUT2D eigenvalue weighted by molar-refractivity contribution is -0.206. The van der Waals surface area contributed by atoms with Gasteiger partial charge in [0, 0.05) is 19.4 Å². The molecule has 3 N–H and O–H groups in total. The fourth-order valence-corrected chi connectivity index (χ4v) is 3.93. The van der Waals surface area contributed by atoms with Gasteiger partial charge in [0.15, 0.2) is 6.29 Å². The Morgan fingerprint density at radius 3 is 2.58 bits per heavy atom. The van der Waals surface area contributed by atoms with Crippen molar-refractivity contribution in [2.75, 3.05) is 13.2 Å². The fraction of sp³-hybridized carbons (Fsp3) is 0.571. The molecule has 208 valence electrons. The summed E-state index contributed by atoms with van der Waals surface area (Å²) < 4.78 is 5.54. The first-order chi connectivity index (χ1) is 18.2. The number of benzene rings is 1. The van der Waals surface area contributed by atoms with Crippen LogP contribution >= 0.6 is 0 Å². The zero-order valence-electron chi connectivity index (χ0n) is 22.7. The van der Waals surface area contributed by atoms with Gasteiger partial charge in [-0.15, -0.1) is 0 Å². The number of hydrogen-bond donors (Lipinski definition) is 2. The molecule has 0 aliphatic carbocycles. The molecule has 0 bridgehead atoms. The Balaban J connectivity index is 2.41. The minimum Gasteiger partial charge on any atom is -0.350 e. The molecule has 0 radical (unpaired) electrons. The second-order valence-electron chi connectivity index (χ2n) is 9.77. The molecule has 1 aliphatic heterocycles. The van der Waals surface area contributed by atoms with E-state index in [0.717, 1.165) is 23.4 Å². The van der Waals surface area contributed by atoms with Crippen LogP contribution in [0.15, 0.2) is 36.4 Å². The predicted octanol–water partition coefficient (Wildman–Crippen LogP) is 3.30. The van der Waals surface area contributed by atoms with Crippen LogP contribution in [0.1, 0.15) is 71.3 Å². The number of rotatable bonds is 13. The zero-order valence-corrected chi connectivity index (χ0v) is 22.7. The summed E-state index contributed by atoms with van der Waals surface area (Å²) in [6.45, 7) is 5.94. The first-order valence-corrected chi connectivity index (χ1v) is 13.3.